The SMILES string of the molecule is Cc1ccc(C(=O)N2CCNC(=O)C2c2ccc(Cl)cc2)cc1C. The Morgan fingerprint density at radius 3 is 2.50 bits per heavy atom. The maximum atomic E-state index is 13.0. The maximum absolute atomic E-state index is 13.0. The van der Waals surface area contributed by atoms with Crippen LogP contribution in [0.2, 0.25) is 5.02 Å². The molecule has 2 aromatic carbocycles. The highest BCUT2D eigenvalue weighted by atomic mass is 35.5. The molecule has 1 atom stereocenters. The molecule has 0 aliphatic carbocycles. The molecule has 1 N–H and O–H groups in total. The molecule has 1 fully saturated rings. The van der Waals surface area contributed by atoms with Crippen molar-refractivity contribution in [2.75, 3.05) is 13.1 Å². The molecule has 124 valence electrons. The molecule has 1 aliphatic rings. The number of hydrogen-bond acceptors (Lipinski definition) is 2. The summed E-state index contributed by atoms with van der Waals surface area (Å²) in [5, 5.41) is 3.44. The average molecular weight is 343 g/mol. The number of amides is 2. The third-order valence-corrected chi connectivity index (χ3v) is 4.66. The van der Waals surface area contributed by atoms with Crippen LogP contribution < -0.4 is 5.32 Å². The van der Waals surface area contributed by atoms with Gasteiger partial charge in [-0.25, -0.2) is 0 Å². The predicted octanol–water partition coefficient (Wildman–Crippen LogP) is 3.27. The zero-order valence-electron chi connectivity index (χ0n) is 13.7. The van der Waals surface area contributed by atoms with E-state index in [2.05, 4.69) is 5.32 Å². The largest absolute Gasteiger partial charge is 0.352 e. The first-order valence-electron chi connectivity index (χ1n) is 7.89. The van der Waals surface area contributed by atoms with Gasteiger partial charge in [-0.1, -0.05) is 29.8 Å². The van der Waals surface area contributed by atoms with Crippen molar-refractivity contribution in [2.45, 2.75) is 19.9 Å². The van der Waals surface area contributed by atoms with E-state index < -0.39 is 6.04 Å². The molecule has 1 heterocycles. The standard InChI is InChI=1S/C19H19ClN2O2/c1-12-3-4-15(11-13(12)2)19(24)22-10-9-21-18(23)17(22)14-5-7-16(20)8-6-14/h3-8,11,17H,9-10H2,1-2H3,(H,21,23). The number of halogens is 1. The number of hydrogen-bond donors (Lipinski definition) is 1. The number of benzene rings is 2. The lowest BCUT2D eigenvalue weighted by atomic mass is 10.00. The summed E-state index contributed by atoms with van der Waals surface area (Å²) in [4.78, 5) is 27.0. The van der Waals surface area contributed by atoms with Crippen LogP contribution in [0.5, 0.6) is 0 Å². The highest BCUT2D eigenvalue weighted by molar-refractivity contribution is 6.30. The van der Waals surface area contributed by atoms with Crippen molar-refractivity contribution in [3.05, 3.63) is 69.7 Å². The summed E-state index contributed by atoms with van der Waals surface area (Å²) in [5.41, 5.74) is 3.56. The fraction of sp³-hybridized carbons (Fsp3) is 0.263. The molecule has 5 heteroatoms. The van der Waals surface area contributed by atoms with Crippen molar-refractivity contribution in [3.8, 4) is 0 Å². The van der Waals surface area contributed by atoms with Crippen LogP contribution in [0.1, 0.15) is 33.1 Å². The topological polar surface area (TPSA) is 49.4 Å². The van der Waals surface area contributed by atoms with Gasteiger partial charge in [-0.05, 0) is 54.8 Å². The van der Waals surface area contributed by atoms with Crippen LogP contribution in [-0.2, 0) is 4.79 Å². The van der Waals surface area contributed by atoms with Gasteiger partial charge in [-0.2, -0.15) is 0 Å². The predicted molar refractivity (Wildman–Crippen MR) is 94.2 cm³/mol. The lowest BCUT2D eigenvalue weighted by Crippen LogP contribution is -2.52. The molecule has 0 bridgehead atoms. The monoisotopic (exact) mass is 342 g/mol. The van der Waals surface area contributed by atoms with E-state index >= 15 is 0 Å². The van der Waals surface area contributed by atoms with Crippen LogP contribution in [-0.4, -0.2) is 29.8 Å². The van der Waals surface area contributed by atoms with E-state index in [9.17, 15) is 9.59 Å². The molecule has 24 heavy (non-hydrogen) atoms. The smallest absolute Gasteiger partial charge is 0.254 e. The summed E-state index contributed by atoms with van der Waals surface area (Å²) in [6.45, 7) is 4.92. The molecular weight excluding hydrogens is 324 g/mol. The molecule has 1 saturated heterocycles. The summed E-state index contributed by atoms with van der Waals surface area (Å²) < 4.78 is 0. The van der Waals surface area contributed by atoms with E-state index in [1.807, 2.05) is 32.0 Å². The first-order chi connectivity index (χ1) is 11.5. The Morgan fingerprint density at radius 1 is 1.12 bits per heavy atom. The van der Waals surface area contributed by atoms with Gasteiger partial charge >= 0.3 is 0 Å². The second kappa shape index (κ2) is 6.65. The molecule has 0 radical (unpaired) electrons. The van der Waals surface area contributed by atoms with Crippen molar-refractivity contribution >= 4 is 23.4 Å². The van der Waals surface area contributed by atoms with E-state index in [1.54, 1.807) is 29.2 Å². The van der Waals surface area contributed by atoms with Crippen LogP contribution in [0.3, 0.4) is 0 Å². The van der Waals surface area contributed by atoms with Gasteiger partial charge in [-0.3, -0.25) is 9.59 Å². The van der Waals surface area contributed by atoms with Crippen molar-refractivity contribution < 1.29 is 9.59 Å². The zero-order valence-corrected chi connectivity index (χ0v) is 14.4. The van der Waals surface area contributed by atoms with E-state index in [0.29, 0.717) is 23.7 Å². The van der Waals surface area contributed by atoms with Gasteiger partial charge in [0.15, 0.2) is 0 Å². The molecule has 1 aliphatic heterocycles. The van der Waals surface area contributed by atoms with Crippen LogP contribution in [0, 0.1) is 13.8 Å². The summed E-state index contributed by atoms with van der Waals surface area (Å²) in [7, 11) is 0. The van der Waals surface area contributed by atoms with Gasteiger partial charge in [0.2, 0.25) is 5.91 Å². The minimum atomic E-state index is -0.634. The van der Waals surface area contributed by atoms with Crippen LogP contribution in [0.15, 0.2) is 42.5 Å². The molecule has 0 aromatic heterocycles. The number of rotatable bonds is 2. The molecule has 2 aromatic rings. The molecule has 3 rings (SSSR count). The second-order valence-electron chi connectivity index (χ2n) is 6.04. The van der Waals surface area contributed by atoms with Gasteiger partial charge in [0.05, 0.1) is 0 Å². The quantitative estimate of drug-likeness (QED) is 0.910. The number of aryl methyl sites for hydroxylation is 2. The molecular formula is C19H19ClN2O2. The molecule has 0 spiro atoms. The molecule has 2 amide bonds. The summed E-state index contributed by atoms with van der Waals surface area (Å²) >= 11 is 5.93. The number of carbonyl (C=O) groups excluding carboxylic acids is 2. The Labute approximate surface area is 146 Å². The van der Waals surface area contributed by atoms with Crippen molar-refractivity contribution in [1.82, 2.24) is 10.2 Å². The van der Waals surface area contributed by atoms with E-state index in [-0.39, 0.29) is 11.8 Å². The maximum Gasteiger partial charge on any atom is 0.254 e. The first kappa shape index (κ1) is 16.5. The first-order valence-corrected chi connectivity index (χ1v) is 8.26. The number of carbonyl (C=O) groups is 2. The highest BCUT2D eigenvalue weighted by Gasteiger charge is 2.34. The zero-order chi connectivity index (χ0) is 17.3. The highest BCUT2D eigenvalue weighted by Crippen LogP contribution is 2.26. The fourth-order valence-electron chi connectivity index (χ4n) is 2.90. The van der Waals surface area contributed by atoms with Crippen molar-refractivity contribution in [3.63, 3.8) is 0 Å². The molecule has 4 nitrogen and oxygen atoms in total. The Morgan fingerprint density at radius 2 is 1.83 bits per heavy atom. The molecule has 1 unspecified atom stereocenters. The average Bonchev–Trinajstić information content (AvgIpc) is 2.57. The molecule has 0 saturated carbocycles. The van der Waals surface area contributed by atoms with E-state index in [1.165, 1.54) is 0 Å². The lowest BCUT2D eigenvalue weighted by molar-refractivity contribution is -0.128. The van der Waals surface area contributed by atoms with E-state index in [0.717, 1.165) is 16.7 Å². The summed E-state index contributed by atoms with van der Waals surface area (Å²) in [6, 6.07) is 12.0. The fourth-order valence-corrected chi connectivity index (χ4v) is 3.03. The van der Waals surface area contributed by atoms with Gasteiger partial charge < -0.3 is 10.2 Å². The van der Waals surface area contributed by atoms with Gasteiger partial charge in [-0.15, -0.1) is 0 Å². The van der Waals surface area contributed by atoms with Gasteiger partial charge in [0.1, 0.15) is 6.04 Å². The van der Waals surface area contributed by atoms with Crippen LogP contribution >= 0.6 is 11.6 Å². The second-order valence-corrected chi connectivity index (χ2v) is 6.48. The van der Waals surface area contributed by atoms with Gasteiger partial charge in [0.25, 0.3) is 5.91 Å². The number of nitrogens with zero attached hydrogens (tertiary/aromatic N) is 1. The van der Waals surface area contributed by atoms with Gasteiger partial charge in [0, 0.05) is 23.7 Å². The Kier molecular flexibility index (Phi) is 4.58. The number of nitrogens with one attached hydrogen (secondary N) is 1. The minimum absolute atomic E-state index is 0.132. The third-order valence-electron chi connectivity index (χ3n) is 4.41. The Balaban J connectivity index is 1.96. The minimum Gasteiger partial charge on any atom is -0.352 e. The summed E-state index contributed by atoms with van der Waals surface area (Å²) in [5.74, 6) is -0.298. The Hall–Kier alpha value is -2.33. The number of piperazine rings is 1. The van der Waals surface area contributed by atoms with E-state index in [4.69, 9.17) is 11.6 Å². The van der Waals surface area contributed by atoms with Crippen molar-refractivity contribution in [1.29, 1.82) is 0 Å². The lowest BCUT2D eigenvalue weighted by Gasteiger charge is -2.35. The normalized spacial score (nSPS) is 17.5. The van der Waals surface area contributed by atoms with Crippen molar-refractivity contribution in [2.24, 2.45) is 0 Å². The van der Waals surface area contributed by atoms with Crippen LogP contribution in [0.4, 0.5) is 0 Å². The van der Waals surface area contributed by atoms with Crippen LogP contribution in [0.25, 0.3) is 0 Å². The Bertz CT molecular complexity index is 786. The third kappa shape index (κ3) is 3.15. The summed E-state index contributed by atoms with van der Waals surface area (Å²) in [6.07, 6.45) is 0.